The van der Waals surface area contributed by atoms with Crippen molar-refractivity contribution in [3.05, 3.63) is 54.7 Å². The minimum Gasteiger partial charge on any atom is -0.356 e. The molecule has 0 bridgehead atoms. The Labute approximate surface area is 168 Å². The lowest BCUT2D eigenvalue weighted by atomic mass is 9.95. The second-order valence-corrected chi connectivity index (χ2v) is 9.41. The molecule has 0 N–H and O–H groups in total. The molecule has 1 fully saturated rings. The fourth-order valence-corrected chi connectivity index (χ4v) is 4.64. The highest BCUT2D eigenvalue weighted by Crippen LogP contribution is 2.32. The zero-order valence-corrected chi connectivity index (χ0v) is 16.7. The maximum atomic E-state index is 12.0. The number of piperidine rings is 1. The Hall–Kier alpha value is -3.07. The molecule has 0 saturated carbocycles. The number of rotatable bonds is 3. The van der Waals surface area contributed by atoms with E-state index in [0.717, 1.165) is 54.1 Å². The first kappa shape index (κ1) is 18.0. The highest BCUT2D eigenvalue weighted by atomic mass is 32.2. The number of fused-ring (bicyclic) bond motifs is 2. The van der Waals surface area contributed by atoms with Gasteiger partial charge < -0.3 is 4.90 Å². The lowest BCUT2D eigenvalue weighted by Gasteiger charge is -2.32. The first-order chi connectivity index (χ1) is 14.0. The normalized spacial score (nSPS) is 16.0. The van der Waals surface area contributed by atoms with E-state index in [2.05, 4.69) is 29.5 Å². The van der Waals surface area contributed by atoms with E-state index >= 15 is 0 Å². The van der Waals surface area contributed by atoms with E-state index in [0.29, 0.717) is 5.92 Å². The van der Waals surface area contributed by atoms with Crippen LogP contribution in [0.3, 0.4) is 0 Å². The van der Waals surface area contributed by atoms with Gasteiger partial charge in [0.1, 0.15) is 18.0 Å². The first-order valence-corrected chi connectivity index (χ1v) is 11.4. The van der Waals surface area contributed by atoms with Crippen LogP contribution in [0.25, 0.3) is 16.6 Å². The molecule has 0 unspecified atom stereocenters. The van der Waals surface area contributed by atoms with Gasteiger partial charge in [-0.25, -0.2) is 18.4 Å². The van der Waals surface area contributed by atoms with Gasteiger partial charge in [-0.3, -0.25) is 4.40 Å². The Morgan fingerprint density at radius 2 is 1.86 bits per heavy atom. The van der Waals surface area contributed by atoms with Crippen LogP contribution in [0.2, 0.25) is 0 Å². The minimum absolute atomic E-state index is 0.283. The van der Waals surface area contributed by atoms with Crippen molar-refractivity contribution in [2.75, 3.05) is 24.2 Å². The summed E-state index contributed by atoms with van der Waals surface area (Å²) in [7, 11) is -3.29. The molecule has 1 saturated heterocycles. The van der Waals surface area contributed by atoms with Crippen LogP contribution >= 0.6 is 0 Å². The van der Waals surface area contributed by atoms with Crippen molar-refractivity contribution in [2.45, 2.75) is 23.7 Å². The SMILES string of the molecule is CS(=O)(=O)c1ccc2ncnc(N3CCC(c4nnc5ccccn45)CC3)c2c1. The van der Waals surface area contributed by atoms with E-state index < -0.39 is 9.84 Å². The summed E-state index contributed by atoms with van der Waals surface area (Å²) in [4.78, 5) is 11.3. The van der Waals surface area contributed by atoms with Gasteiger partial charge in [0.15, 0.2) is 15.5 Å². The van der Waals surface area contributed by atoms with E-state index in [4.69, 9.17) is 0 Å². The summed E-state index contributed by atoms with van der Waals surface area (Å²) in [6, 6.07) is 10.9. The highest BCUT2D eigenvalue weighted by Gasteiger charge is 2.26. The van der Waals surface area contributed by atoms with Gasteiger partial charge in [-0.15, -0.1) is 10.2 Å². The topological polar surface area (TPSA) is 93.4 Å². The zero-order valence-electron chi connectivity index (χ0n) is 15.9. The molecule has 1 aliphatic heterocycles. The van der Waals surface area contributed by atoms with E-state index in [1.807, 2.05) is 24.4 Å². The van der Waals surface area contributed by atoms with Crippen LogP contribution in [0.15, 0.2) is 53.8 Å². The van der Waals surface area contributed by atoms with Crippen LogP contribution in [-0.2, 0) is 9.84 Å². The Kier molecular flexibility index (Phi) is 4.20. The number of nitrogens with zero attached hydrogens (tertiary/aromatic N) is 6. The van der Waals surface area contributed by atoms with Gasteiger partial charge in [-0.1, -0.05) is 6.07 Å². The molecule has 1 aliphatic rings. The maximum absolute atomic E-state index is 12.0. The lowest BCUT2D eigenvalue weighted by Crippen LogP contribution is -2.34. The summed E-state index contributed by atoms with van der Waals surface area (Å²) in [6.45, 7) is 1.61. The van der Waals surface area contributed by atoms with Gasteiger partial charge in [0, 0.05) is 36.8 Å². The Morgan fingerprint density at radius 1 is 1.03 bits per heavy atom. The number of hydrogen-bond donors (Lipinski definition) is 0. The van der Waals surface area contributed by atoms with Crippen LogP contribution in [0, 0.1) is 0 Å². The van der Waals surface area contributed by atoms with E-state index in [1.165, 1.54) is 12.6 Å². The van der Waals surface area contributed by atoms with Gasteiger partial charge in [0.05, 0.1) is 10.4 Å². The average molecular weight is 408 g/mol. The quantitative estimate of drug-likeness (QED) is 0.514. The number of pyridine rings is 1. The molecule has 8 nitrogen and oxygen atoms in total. The molecule has 29 heavy (non-hydrogen) atoms. The molecule has 148 valence electrons. The summed E-state index contributed by atoms with van der Waals surface area (Å²) in [5, 5.41) is 9.44. The molecule has 4 heterocycles. The molecule has 5 rings (SSSR count). The van der Waals surface area contributed by atoms with Gasteiger partial charge in [0.2, 0.25) is 0 Å². The molecule has 9 heteroatoms. The second kappa shape index (κ2) is 6.77. The summed E-state index contributed by atoms with van der Waals surface area (Å²) in [6.07, 6.45) is 6.60. The maximum Gasteiger partial charge on any atom is 0.175 e. The molecule has 0 amide bonds. The van der Waals surface area contributed by atoms with Crippen LogP contribution in [0.1, 0.15) is 24.6 Å². The fraction of sp³-hybridized carbons (Fsp3) is 0.300. The monoisotopic (exact) mass is 408 g/mol. The molecule has 0 aliphatic carbocycles. The van der Waals surface area contributed by atoms with Gasteiger partial charge in [-0.2, -0.15) is 0 Å². The second-order valence-electron chi connectivity index (χ2n) is 7.40. The molecule has 3 aromatic heterocycles. The smallest absolute Gasteiger partial charge is 0.175 e. The molecule has 1 aromatic carbocycles. The standard InChI is InChI=1S/C20H20N6O2S/c1-29(27,28)15-5-6-17-16(12-15)20(22-13-21-17)25-10-7-14(8-11-25)19-24-23-18-4-2-3-9-26(18)19/h2-6,9,12-14H,7-8,10-11H2,1H3. The van der Waals surface area contributed by atoms with Crippen molar-refractivity contribution < 1.29 is 8.42 Å². The Morgan fingerprint density at radius 3 is 2.66 bits per heavy atom. The van der Waals surface area contributed by atoms with Gasteiger partial charge in [0.25, 0.3) is 0 Å². The molecular formula is C20H20N6O2S. The largest absolute Gasteiger partial charge is 0.356 e. The number of anilines is 1. The highest BCUT2D eigenvalue weighted by molar-refractivity contribution is 7.90. The van der Waals surface area contributed by atoms with E-state index in [9.17, 15) is 8.42 Å². The van der Waals surface area contributed by atoms with Crippen molar-refractivity contribution in [2.24, 2.45) is 0 Å². The third kappa shape index (κ3) is 3.21. The minimum atomic E-state index is -3.29. The number of hydrogen-bond acceptors (Lipinski definition) is 7. The third-order valence-corrected chi connectivity index (χ3v) is 6.62. The van der Waals surface area contributed by atoms with Crippen LogP contribution in [0.4, 0.5) is 5.82 Å². The zero-order chi connectivity index (χ0) is 20.0. The summed E-state index contributed by atoms with van der Waals surface area (Å²) < 4.78 is 26.0. The summed E-state index contributed by atoms with van der Waals surface area (Å²) in [5.74, 6) is 2.10. The van der Waals surface area contributed by atoms with Gasteiger partial charge in [-0.05, 0) is 43.2 Å². The summed E-state index contributed by atoms with van der Waals surface area (Å²) in [5.41, 5.74) is 1.60. The molecular weight excluding hydrogens is 388 g/mol. The first-order valence-electron chi connectivity index (χ1n) is 9.50. The van der Waals surface area contributed by atoms with Crippen LogP contribution in [-0.4, -0.2) is 52.3 Å². The van der Waals surface area contributed by atoms with E-state index in [1.54, 1.807) is 18.2 Å². The van der Waals surface area contributed by atoms with Crippen molar-refractivity contribution in [1.29, 1.82) is 0 Å². The predicted octanol–water partition coefficient (Wildman–Crippen LogP) is 2.46. The van der Waals surface area contributed by atoms with Crippen molar-refractivity contribution in [1.82, 2.24) is 24.6 Å². The Balaban J connectivity index is 1.44. The number of sulfone groups is 1. The van der Waals surface area contributed by atoms with E-state index in [-0.39, 0.29) is 4.90 Å². The summed E-state index contributed by atoms with van der Waals surface area (Å²) >= 11 is 0. The van der Waals surface area contributed by atoms with Gasteiger partial charge >= 0.3 is 0 Å². The molecule has 0 atom stereocenters. The predicted molar refractivity (Wildman–Crippen MR) is 110 cm³/mol. The Bertz CT molecular complexity index is 1310. The van der Waals surface area contributed by atoms with Crippen LogP contribution in [0.5, 0.6) is 0 Å². The number of benzene rings is 1. The molecule has 4 aromatic rings. The fourth-order valence-electron chi connectivity index (χ4n) is 3.99. The van der Waals surface area contributed by atoms with Crippen LogP contribution < -0.4 is 4.90 Å². The number of aromatic nitrogens is 5. The van der Waals surface area contributed by atoms with Crippen molar-refractivity contribution in [3.63, 3.8) is 0 Å². The molecule has 0 spiro atoms. The lowest BCUT2D eigenvalue weighted by molar-refractivity contribution is 0.481. The van der Waals surface area contributed by atoms with Crippen molar-refractivity contribution >= 4 is 32.2 Å². The molecule has 0 radical (unpaired) electrons. The average Bonchev–Trinajstić information content (AvgIpc) is 3.16. The third-order valence-electron chi connectivity index (χ3n) is 5.51. The van der Waals surface area contributed by atoms with Crippen molar-refractivity contribution in [3.8, 4) is 0 Å².